The first-order valence-corrected chi connectivity index (χ1v) is 8.91. The molecule has 120 valence electrons. The van der Waals surface area contributed by atoms with Gasteiger partial charge >= 0.3 is 0 Å². The SMILES string of the molecule is O=C(CCn1cncn1)N1CCC[C@@H]1C[C@@H]1C[C@H]2CC[C@H]1C2. The highest BCUT2D eigenvalue weighted by Crippen LogP contribution is 2.50. The van der Waals surface area contributed by atoms with Crippen molar-refractivity contribution in [2.24, 2.45) is 17.8 Å². The zero-order valence-electron chi connectivity index (χ0n) is 13.2. The Kier molecular flexibility index (Phi) is 3.89. The summed E-state index contributed by atoms with van der Waals surface area (Å²) in [6, 6.07) is 0.507. The fraction of sp³-hybridized carbons (Fsp3) is 0.824. The van der Waals surface area contributed by atoms with Crippen LogP contribution in [0.5, 0.6) is 0 Å². The molecule has 1 saturated heterocycles. The van der Waals surface area contributed by atoms with Crippen LogP contribution < -0.4 is 0 Å². The van der Waals surface area contributed by atoms with Crippen LogP contribution in [0.15, 0.2) is 12.7 Å². The summed E-state index contributed by atoms with van der Waals surface area (Å²) in [4.78, 5) is 18.6. The minimum absolute atomic E-state index is 0.307. The molecule has 2 aliphatic carbocycles. The van der Waals surface area contributed by atoms with Gasteiger partial charge in [-0.2, -0.15) is 5.10 Å². The summed E-state index contributed by atoms with van der Waals surface area (Å²) in [6.07, 6.45) is 13.2. The van der Waals surface area contributed by atoms with Crippen LogP contribution >= 0.6 is 0 Å². The van der Waals surface area contributed by atoms with E-state index in [1.807, 2.05) is 0 Å². The van der Waals surface area contributed by atoms with Crippen molar-refractivity contribution in [2.75, 3.05) is 6.54 Å². The van der Waals surface area contributed by atoms with Crippen LogP contribution in [0, 0.1) is 17.8 Å². The van der Waals surface area contributed by atoms with Gasteiger partial charge in [-0.15, -0.1) is 0 Å². The van der Waals surface area contributed by atoms with E-state index in [1.54, 1.807) is 11.0 Å². The lowest BCUT2D eigenvalue weighted by atomic mass is 9.83. The van der Waals surface area contributed by atoms with Crippen molar-refractivity contribution >= 4 is 5.91 Å². The molecule has 5 heteroatoms. The van der Waals surface area contributed by atoms with Gasteiger partial charge in [0.1, 0.15) is 12.7 Å². The maximum Gasteiger partial charge on any atom is 0.224 e. The van der Waals surface area contributed by atoms with E-state index in [9.17, 15) is 4.79 Å². The van der Waals surface area contributed by atoms with Crippen LogP contribution in [0.1, 0.15) is 51.4 Å². The van der Waals surface area contributed by atoms with Gasteiger partial charge in [0.15, 0.2) is 0 Å². The lowest BCUT2D eigenvalue weighted by molar-refractivity contribution is -0.132. The normalized spacial score (nSPS) is 33.7. The third-order valence-electron chi connectivity index (χ3n) is 6.18. The Hall–Kier alpha value is -1.39. The average Bonchev–Trinajstić information content (AvgIpc) is 3.29. The summed E-state index contributed by atoms with van der Waals surface area (Å²) in [5, 5.41) is 4.08. The van der Waals surface area contributed by atoms with Gasteiger partial charge in [-0.25, -0.2) is 4.98 Å². The van der Waals surface area contributed by atoms with Crippen molar-refractivity contribution in [1.29, 1.82) is 0 Å². The number of amides is 1. The minimum Gasteiger partial charge on any atom is -0.340 e. The van der Waals surface area contributed by atoms with Crippen molar-refractivity contribution in [3.8, 4) is 0 Å². The lowest BCUT2D eigenvalue weighted by Gasteiger charge is -2.30. The number of aryl methyl sites for hydroxylation is 1. The molecule has 0 N–H and O–H groups in total. The molecule has 22 heavy (non-hydrogen) atoms. The predicted molar refractivity (Wildman–Crippen MR) is 82.9 cm³/mol. The van der Waals surface area contributed by atoms with Gasteiger partial charge in [-0.3, -0.25) is 9.48 Å². The van der Waals surface area contributed by atoms with Gasteiger partial charge in [0, 0.05) is 19.0 Å². The Morgan fingerprint density at radius 2 is 2.18 bits per heavy atom. The zero-order valence-corrected chi connectivity index (χ0v) is 13.2. The second kappa shape index (κ2) is 6.01. The van der Waals surface area contributed by atoms with Crippen LogP contribution in [0.4, 0.5) is 0 Å². The molecular formula is C17H26N4O. The molecule has 1 amide bonds. The number of carbonyl (C=O) groups excluding carboxylic acids is 1. The van der Waals surface area contributed by atoms with Crippen molar-refractivity contribution < 1.29 is 4.79 Å². The van der Waals surface area contributed by atoms with Crippen LogP contribution in [0.25, 0.3) is 0 Å². The zero-order chi connectivity index (χ0) is 14.9. The molecule has 0 aromatic carbocycles. The molecule has 2 heterocycles. The van der Waals surface area contributed by atoms with E-state index in [-0.39, 0.29) is 0 Å². The molecule has 1 aliphatic heterocycles. The maximum atomic E-state index is 12.5. The number of hydrogen-bond acceptors (Lipinski definition) is 3. The topological polar surface area (TPSA) is 51.0 Å². The highest BCUT2D eigenvalue weighted by Gasteiger charge is 2.41. The van der Waals surface area contributed by atoms with E-state index in [4.69, 9.17) is 0 Å². The van der Waals surface area contributed by atoms with E-state index in [1.165, 1.54) is 51.3 Å². The van der Waals surface area contributed by atoms with Gasteiger partial charge in [0.2, 0.25) is 5.91 Å². The van der Waals surface area contributed by atoms with Crippen LogP contribution in [0.3, 0.4) is 0 Å². The smallest absolute Gasteiger partial charge is 0.224 e. The van der Waals surface area contributed by atoms with Crippen LogP contribution in [0.2, 0.25) is 0 Å². The van der Waals surface area contributed by atoms with Crippen LogP contribution in [-0.4, -0.2) is 38.2 Å². The number of likely N-dealkylation sites (tertiary alicyclic amines) is 1. The number of rotatable bonds is 5. The Balaban J connectivity index is 1.31. The second-order valence-electron chi connectivity index (χ2n) is 7.46. The third-order valence-corrected chi connectivity index (χ3v) is 6.18. The van der Waals surface area contributed by atoms with Crippen molar-refractivity contribution in [3.05, 3.63) is 12.7 Å². The van der Waals surface area contributed by atoms with Gasteiger partial charge in [0.25, 0.3) is 0 Å². The molecule has 4 atom stereocenters. The highest BCUT2D eigenvalue weighted by atomic mass is 16.2. The highest BCUT2D eigenvalue weighted by molar-refractivity contribution is 5.76. The van der Waals surface area contributed by atoms with E-state index in [0.717, 1.165) is 24.3 Å². The first-order chi connectivity index (χ1) is 10.8. The Bertz CT molecular complexity index is 515. The molecule has 2 bridgehead atoms. The first-order valence-electron chi connectivity index (χ1n) is 8.91. The summed E-state index contributed by atoms with van der Waals surface area (Å²) < 4.78 is 1.75. The second-order valence-corrected chi connectivity index (χ2v) is 7.46. The third kappa shape index (κ3) is 2.77. The molecule has 1 aromatic heterocycles. The van der Waals surface area contributed by atoms with Crippen molar-refractivity contribution in [3.63, 3.8) is 0 Å². The van der Waals surface area contributed by atoms with Gasteiger partial charge < -0.3 is 4.90 Å². The van der Waals surface area contributed by atoms with E-state index in [0.29, 0.717) is 24.9 Å². The Morgan fingerprint density at radius 1 is 1.23 bits per heavy atom. The Labute approximate surface area is 132 Å². The summed E-state index contributed by atoms with van der Waals surface area (Å²) in [5.41, 5.74) is 0. The molecular weight excluding hydrogens is 276 g/mol. The van der Waals surface area contributed by atoms with Crippen molar-refractivity contribution in [1.82, 2.24) is 19.7 Å². The predicted octanol–water partition coefficient (Wildman–Crippen LogP) is 2.49. The maximum absolute atomic E-state index is 12.5. The van der Waals surface area contributed by atoms with Gasteiger partial charge in [-0.1, -0.05) is 6.42 Å². The number of hydrogen-bond donors (Lipinski definition) is 0. The molecule has 1 aromatic rings. The molecule has 0 unspecified atom stereocenters. The molecule has 3 fully saturated rings. The Morgan fingerprint density at radius 3 is 2.91 bits per heavy atom. The minimum atomic E-state index is 0.307. The standard InChI is InChI=1S/C17H26N4O/c22-17(5-7-20-12-18-11-19-20)21-6-1-2-16(21)10-15-9-13-3-4-14(15)8-13/h11-16H,1-10H2/t13-,14-,15-,16+/m0/s1. The summed E-state index contributed by atoms with van der Waals surface area (Å²) in [6.45, 7) is 1.61. The average molecular weight is 302 g/mol. The molecule has 5 nitrogen and oxygen atoms in total. The fourth-order valence-electron chi connectivity index (χ4n) is 5.13. The van der Waals surface area contributed by atoms with Crippen molar-refractivity contribution in [2.45, 2.75) is 64.0 Å². The summed E-state index contributed by atoms with van der Waals surface area (Å²) in [7, 11) is 0. The van der Waals surface area contributed by atoms with E-state index < -0.39 is 0 Å². The monoisotopic (exact) mass is 302 g/mol. The summed E-state index contributed by atoms with van der Waals surface area (Å²) >= 11 is 0. The number of carbonyl (C=O) groups is 1. The fourth-order valence-corrected chi connectivity index (χ4v) is 5.13. The van der Waals surface area contributed by atoms with E-state index >= 15 is 0 Å². The number of fused-ring (bicyclic) bond motifs is 2. The lowest BCUT2D eigenvalue weighted by Crippen LogP contribution is -2.37. The van der Waals surface area contributed by atoms with Gasteiger partial charge in [0.05, 0.1) is 6.54 Å². The molecule has 3 aliphatic rings. The molecule has 2 saturated carbocycles. The number of nitrogens with zero attached hydrogens (tertiary/aromatic N) is 4. The largest absolute Gasteiger partial charge is 0.340 e. The molecule has 0 radical (unpaired) electrons. The number of aromatic nitrogens is 3. The quantitative estimate of drug-likeness (QED) is 0.839. The molecule has 0 spiro atoms. The summed E-state index contributed by atoms with van der Waals surface area (Å²) in [5.74, 6) is 3.18. The first kappa shape index (κ1) is 14.2. The van der Waals surface area contributed by atoms with Crippen LogP contribution in [-0.2, 0) is 11.3 Å². The molecule has 4 rings (SSSR count). The van der Waals surface area contributed by atoms with Gasteiger partial charge in [-0.05, 0) is 56.3 Å². The van der Waals surface area contributed by atoms with E-state index in [2.05, 4.69) is 15.0 Å².